The molecule has 0 spiro atoms. The highest BCUT2D eigenvalue weighted by Crippen LogP contribution is 2.19. The molecule has 14 heavy (non-hydrogen) atoms. The molecule has 2 rings (SSSR count). The lowest BCUT2D eigenvalue weighted by Crippen LogP contribution is -2.33. The third-order valence-electron chi connectivity index (χ3n) is 2.43. The first-order valence-electron chi connectivity index (χ1n) is 4.87. The number of hydrogen-bond acceptors (Lipinski definition) is 2. The van der Waals surface area contributed by atoms with Gasteiger partial charge in [0.2, 0.25) is 0 Å². The van der Waals surface area contributed by atoms with Crippen LogP contribution in [0, 0.1) is 0 Å². The van der Waals surface area contributed by atoms with Crippen molar-refractivity contribution in [2.75, 3.05) is 19.7 Å². The van der Waals surface area contributed by atoms with E-state index >= 15 is 0 Å². The van der Waals surface area contributed by atoms with E-state index in [1.807, 2.05) is 24.3 Å². The maximum Gasteiger partial charge on any atom is 0.115 e. The lowest BCUT2D eigenvalue weighted by Gasteiger charge is -2.23. The lowest BCUT2D eigenvalue weighted by atomic mass is 10.1. The second-order valence-electron chi connectivity index (χ2n) is 3.44. The fourth-order valence-corrected chi connectivity index (χ4v) is 1.60. The van der Waals surface area contributed by atoms with Crippen LogP contribution in [-0.4, -0.2) is 19.7 Å². The molecule has 0 aliphatic carbocycles. The second kappa shape index (κ2) is 4.53. The summed E-state index contributed by atoms with van der Waals surface area (Å²) in [6.07, 6.45) is 0.123. The number of halogens is 1. The van der Waals surface area contributed by atoms with Gasteiger partial charge in [-0.05, 0) is 11.1 Å². The van der Waals surface area contributed by atoms with Gasteiger partial charge in [0.25, 0.3) is 0 Å². The Morgan fingerprint density at radius 3 is 2.71 bits per heavy atom. The predicted octanol–water partition coefficient (Wildman–Crippen LogP) is 1.82. The van der Waals surface area contributed by atoms with Gasteiger partial charge in [-0.25, -0.2) is 4.39 Å². The van der Waals surface area contributed by atoms with Crippen LogP contribution in [0.3, 0.4) is 0 Å². The van der Waals surface area contributed by atoms with E-state index < -0.39 is 6.67 Å². The number of morpholine rings is 1. The summed E-state index contributed by atoms with van der Waals surface area (Å²) in [4.78, 5) is 0. The van der Waals surface area contributed by atoms with Crippen molar-refractivity contribution in [1.82, 2.24) is 5.32 Å². The molecule has 1 fully saturated rings. The molecule has 76 valence electrons. The molecule has 1 aliphatic rings. The van der Waals surface area contributed by atoms with Crippen molar-refractivity contribution in [2.24, 2.45) is 0 Å². The Hall–Kier alpha value is -0.930. The molecule has 1 unspecified atom stereocenters. The van der Waals surface area contributed by atoms with Gasteiger partial charge in [-0.15, -0.1) is 0 Å². The fourth-order valence-electron chi connectivity index (χ4n) is 1.60. The average molecular weight is 195 g/mol. The zero-order valence-electron chi connectivity index (χ0n) is 8.00. The van der Waals surface area contributed by atoms with Gasteiger partial charge in [0.1, 0.15) is 6.67 Å². The molecule has 1 saturated heterocycles. The molecule has 1 aromatic rings. The molecule has 0 saturated carbocycles. The van der Waals surface area contributed by atoms with Gasteiger partial charge >= 0.3 is 0 Å². The Morgan fingerprint density at radius 1 is 1.36 bits per heavy atom. The summed E-state index contributed by atoms with van der Waals surface area (Å²) in [5, 5.41) is 3.26. The molecule has 1 aromatic carbocycles. The average Bonchev–Trinajstić information content (AvgIpc) is 2.30. The van der Waals surface area contributed by atoms with Gasteiger partial charge in [-0.1, -0.05) is 24.3 Å². The molecule has 0 radical (unpaired) electrons. The first-order chi connectivity index (χ1) is 6.90. The van der Waals surface area contributed by atoms with Crippen LogP contribution in [-0.2, 0) is 11.4 Å². The standard InChI is InChI=1S/C11H14FNO/c12-7-9-1-3-10(4-2-9)11-8-13-5-6-14-11/h1-4,11,13H,5-8H2. The molecule has 0 amide bonds. The molecular weight excluding hydrogens is 181 g/mol. The summed E-state index contributed by atoms with van der Waals surface area (Å²) in [7, 11) is 0. The van der Waals surface area contributed by atoms with Crippen LogP contribution >= 0.6 is 0 Å². The third kappa shape index (κ3) is 2.11. The van der Waals surface area contributed by atoms with Gasteiger partial charge in [0.05, 0.1) is 12.7 Å². The number of nitrogens with one attached hydrogen (secondary N) is 1. The van der Waals surface area contributed by atoms with E-state index in [0.29, 0.717) is 0 Å². The number of ether oxygens (including phenoxy) is 1. The van der Waals surface area contributed by atoms with E-state index in [1.54, 1.807) is 0 Å². The minimum atomic E-state index is -0.399. The van der Waals surface area contributed by atoms with Crippen LogP contribution in [0.4, 0.5) is 4.39 Å². The van der Waals surface area contributed by atoms with Gasteiger partial charge < -0.3 is 10.1 Å². The highest BCUT2D eigenvalue weighted by molar-refractivity contribution is 5.24. The first kappa shape index (κ1) is 9.62. The minimum absolute atomic E-state index is 0.123. The highest BCUT2D eigenvalue weighted by atomic mass is 19.1. The van der Waals surface area contributed by atoms with E-state index in [2.05, 4.69) is 5.32 Å². The molecule has 2 nitrogen and oxygen atoms in total. The maximum atomic E-state index is 12.3. The number of benzene rings is 1. The highest BCUT2D eigenvalue weighted by Gasteiger charge is 2.14. The van der Waals surface area contributed by atoms with Crippen LogP contribution < -0.4 is 5.32 Å². The van der Waals surface area contributed by atoms with Gasteiger partial charge in [-0.2, -0.15) is 0 Å². The SMILES string of the molecule is FCc1ccc(C2CNCCO2)cc1. The second-order valence-corrected chi connectivity index (χ2v) is 3.44. The third-order valence-corrected chi connectivity index (χ3v) is 2.43. The van der Waals surface area contributed by atoms with Crippen LogP contribution in [0.25, 0.3) is 0 Å². The molecule has 1 aliphatic heterocycles. The van der Waals surface area contributed by atoms with E-state index in [-0.39, 0.29) is 6.10 Å². The summed E-state index contributed by atoms with van der Waals surface area (Å²) in [5.74, 6) is 0. The monoisotopic (exact) mass is 195 g/mol. The van der Waals surface area contributed by atoms with Crippen molar-refractivity contribution in [2.45, 2.75) is 12.8 Å². The summed E-state index contributed by atoms with van der Waals surface area (Å²) < 4.78 is 17.8. The fraction of sp³-hybridized carbons (Fsp3) is 0.455. The molecule has 1 heterocycles. The van der Waals surface area contributed by atoms with Crippen LogP contribution in [0.2, 0.25) is 0 Å². The molecular formula is C11H14FNO. The number of rotatable bonds is 2. The predicted molar refractivity (Wildman–Crippen MR) is 52.8 cm³/mol. The van der Waals surface area contributed by atoms with E-state index in [1.165, 1.54) is 0 Å². The lowest BCUT2D eigenvalue weighted by molar-refractivity contribution is 0.0277. The van der Waals surface area contributed by atoms with E-state index in [9.17, 15) is 4.39 Å². The quantitative estimate of drug-likeness (QED) is 0.777. The summed E-state index contributed by atoms with van der Waals surface area (Å²) >= 11 is 0. The Morgan fingerprint density at radius 2 is 2.14 bits per heavy atom. The van der Waals surface area contributed by atoms with Crippen LogP contribution in [0.15, 0.2) is 24.3 Å². The Balaban J connectivity index is 2.07. The first-order valence-corrected chi connectivity index (χ1v) is 4.87. The summed E-state index contributed by atoms with van der Waals surface area (Å²) in [6, 6.07) is 7.50. The van der Waals surface area contributed by atoms with Gasteiger partial charge in [0.15, 0.2) is 0 Å². The normalized spacial score (nSPS) is 22.2. The largest absolute Gasteiger partial charge is 0.371 e. The van der Waals surface area contributed by atoms with Crippen molar-refractivity contribution < 1.29 is 9.13 Å². The molecule has 0 bridgehead atoms. The minimum Gasteiger partial charge on any atom is -0.371 e. The van der Waals surface area contributed by atoms with Crippen LogP contribution in [0.1, 0.15) is 17.2 Å². The van der Waals surface area contributed by atoms with Crippen molar-refractivity contribution in [3.05, 3.63) is 35.4 Å². The Labute approximate surface area is 83.1 Å². The molecule has 0 aromatic heterocycles. The van der Waals surface area contributed by atoms with Gasteiger partial charge in [0, 0.05) is 13.1 Å². The zero-order chi connectivity index (χ0) is 9.80. The van der Waals surface area contributed by atoms with Crippen LogP contribution in [0.5, 0.6) is 0 Å². The maximum absolute atomic E-state index is 12.3. The van der Waals surface area contributed by atoms with E-state index in [4.69, 9.17) is 4.74 Å². The number of alkyl halides is 1. The molecule has 1 N–H and O–H groups in total. The zero-order valence-corrected chi connectivity index (χ0v) is 8.00. The van der Waals surface area contributed by atoms with E-state index in [0.717, 1.165) is 30.8 Å². The molecule has 3 heteroatoms. The van der Waals surface area contributed by atoms with Crippen molar-refractivity contribution >= 4 is 0 Å². The topological polar surface area (TPSA) is 21.3 Å². The summed E-state index contributed by atoms with van der Waals surface area (Å²) in [6.45, 7) is 2.10. The molecule has 1 atom stereocenters. The smallest absolute Gasteiger partial charge is 0.115 e. The van der Waals surface area contributed by atoms with Crippen molar-refractivity contribution in [1.29, 1.82) is 0 Å². The van der Waals surface area contributed by atoms with Crippen molar-refractivity contribution in [3.8, 4) is 0 Å². The summed E-state index contributed by atoms with van der Waals surface area (Å²) in [5.41, 5.74) is 1.84. The van der Waals surface area contributed by atoms with Crippen molar-refractivity contribution in [3.63, 3.8) is 0 Å². The Bertz CT molecular complexity index is 280. The Kier molecular flexibility index (Phi) is 3.11. The number of hydrogen-bond donors (Lipinski definition) is 1. The van der Waals surface area contributed by atoms with Gasteiger partial charge in [-0.3, -0.25) is 0 Å².